The molecule has 0 aliphatic rings. The molecular formula is C11H18N2O2S. The van der Waals surface area contributed by atoms with E-state index >= 15 is 0 Å². The first-order valence-electron chi connectivity index (χ1n) is 5.46. The second-order valence-corrected chi connectivity index (χ2v) is 4.90. The van der Waals surface area contributed by atoms with Gasteiger partial charge in [-0.25, -0.2) is 4.98 Å². The van der Waals surface area contributed by atoms with Crippen LogP contribution in [0.25, 0.3) is 0 Å². The summed E-state index contributed by atoms with van der Waals surface area (Å²) >= 11 is 1.29. The van der Waals surface area contributed by atoms with E-state index in [1.807, 2.05) is 6.20 Å². The molecule has 1 N–H and O–H groups in total. The number of imidazole rings is 1. The molecule has 0 aliphatic carbocycles. The Balaban J connectivity index is 2.86. The van der Waals surface area contributed by atoms with Crippen molar-refractivity contribution in [2.75, 3.05) is 5.75 Å². The smallest absolute Gasteiger partial charge is 0.313 e. The van der Waals surface area contributed by atoms with Gasteiger partial charge in [0.15, 0.2) is 5.16 Å². The molecule has 90 valence electrons. The Morgan fingerprint density at radius 2 is 2.31 bits per heavy atom. The van der Waals surface area contributed by atoms with Gasteiger partial charge in [-0.3, -0.25) is 4.79 Å². The Bertz CT molecular complexity index is 361. The molecular weight excluding hydrogens is 224 g/mol. The Morgan fingerprint density at radius 3 is 2.81 bits per heavy atom. The molecule has 0 aliphatic heterocycles. The van der Waals surface area contributed by atoms with Gasteiger partial charge in [0.25, 0.3) is 0 Å². The zero-order chi connectivity index (χ0) is 12.1. The molecule has 0 atom stereocenters. The van der Waals surface area contributed by atoms with Gasteiger partial charge < -0.3 is 9.67 Å². The molecule has 0 saturated heterocycles. The summed E-state index contributed by atoms with van der Waals surface area (Å²) in [6, 6.07) is 0. The molecule has 0 aromatic carbocycles. The number of carbonyl (C=O) groups is 1. The minimum atomic E-state index is -0.804. The average molecular weight is 242 g/mol. The van der Waals surface area contributed by atoms with Gasteiger partial charge in [-0.1, -0.05) is 32.5 Å². The molecule has 0 amide bonds. The van der Waals surface area contributed by atoms with Crippen molar-refractivity contribution in [2.24, 2.45) is 0 Å². The van der Waals surface area contributed by atoms with E-state index in [-0.39, 0.29) is 5.75 Å². The Labute approximate surface area is 100 Å². The van der Waals surface area contributed by atoms with E-state index in [1.54, 1.807) is 0 Å². The summed E-state index contributed by atoms with van der Waals surface area (Å²) < 4.78 is 2.12. The van der Waals surface area contributed by atoms with Gasteiger partial charge in [-0.05, 0) is 12.3 Å². The van der Waals surface area contributed by atoms with Crippen LogP contribution in [-0.4, -0.2) is 26.4 Å². The van der Waals surface area contributed by atoms with Gasteiger partial charge in [-0.15, -0.1) is 0 Å². The van der Waals surface area contributed by atoms with Crippen LogP contribution in [0.15, 0.2) is 11.4 Å². The number of nitrogens with zero attached hydrogens (tertiary/aromatic N) is 2. The van der Waals surface area contributed by atoms with E-state index in [4.69, 9.17) is 5.11 Å². The number of aromatic nitrogens is 2. The molecule has 0 spiro atoms. The van der Waals surface area contributed by atoms with Crippen molar-refractivity contribution >= 4 is 17.7 Å². The standard InChI is InChI=1S/C11H18N2O2S/c1-4-5-13-9(8(2)3)6-12-11(13)16-7-10(14)15/h6,8H,4-5,7H2,1-3H3,(H,14,15). The summed E-state index contributed by atoms with van der Waals surface area (Å²) in [6.07, 6.45) is 2.88. The maximum atomic E-state index is 10.5. The fourth-order valence-corrected chi connectivity index (χ4v) is 2.25. The van der Waals surface area contributed by atoms with Crippen molar-refractivity contribution in [1.29, 1.82) is 0 Å². The average Bonchev–Trinajstić information content (AvgIpc) is 2.59. The van der Waals surface area contributed by atoms with Crippen LogP contribution in [0.3, 0.4) is 0 Å². The second kappa shape index (κ2) is 5.94. The van der Waals surface area contributed by atoms with Gasteiger partial charge in [0.05, 0.1) is 5.75 Å². The maximum absolute atomic E-state index is 10.5. The summed E-state index contributed by atoms with van der Waals surface area (Å²) in [7, 11) is 0. The lowest BCUT2D eigenvalue weighted by molar-refractivity contribution is -0.133. The number of carboxylic acids is 1. The SMILES string of the molecule is CCCn1c(C(C)C)cnc1SCC(=O)O. The lowest BCUT2D eigenvalue weighted by Gasteiger charge is -2.12. The minimum Gasteiger partial charge on any atom is -0.481 e. The van der Waals surface area contributed by atoms with Crippen molar-refractivity contribution in [3.05, 3.63) is 11.9 Å². The van der Waals surface area contributed by atoms with Crippen LogP contribution in [0.4, 0.5) is 0 Å². The molecule has 4 nitrogen and oxygen atoms in total. The summed E-state index contributed by atoms with van der Waals surface area (Å²) in [4.78, 5) is 14.8. The lowest BCUT2D eigenvalue weighted by atomic mass is 10.1. The predicted octanol–water partition coefficient (Wildman–Crippen LogP) is 2.59. The minimum absolute atomic E-state index is 0.0677. The first-order valence-corrected chi connectivity index (χ1v) is 6.44. The van der Waals surface area contributed by atoms with Crippen LogP contribution >= 0.6 is 11.8 Å². The summed E-state index contributed by atoms with van der Waals surface area (Å²) in [5.74, 6) is -0.321. The zero-order valence-corrected chi connectivity index (χ0v) is 10.8. The maximum Gasteiger partial charge on any atom is 0.313 e. The predicted molar refractivity (Wildman–Crippen MR) is 65.0 cm³/mol. The highest BCUT2D eigenvalue weighted by atomic mass is 32.2. The van der Waals surface area contributed by atoms with Gasteiger partial charge in [0.1, 0.15) is 0 Å². The number of thioether (sulfide) groups is 1. The van der Waals surface area contributed by atoms with Crippen molar-refractivity contribution in [3.63, 3.8) is 0 Å². The van der Waals surface area contributed by atoms with E-state index < -0.39 is 5.97 Å². The van der Waals surface area contributed by atoms with E-state index in [1.165, 1.54) is 17.5 Å². The molecule has 0 bridgehead atoms. The quantitative estimate of drug-likeness (QED) is 0.779. The lowest BCUT2D eigenvalue weighted by Crippen LogP contribution is -2.07. The molecule has 0 unspecified atom stereocenters. The van der Waals surface area contributed by atoms with Crippen LogP contribution in [0.2, 0.25) is 0 Å². The van der Waals surface area contributed by atoms with Crippen LogP contribution in [-0.2, 0) is 11.3 Å². The Morgan fingerprint density at radius 1 is 1.62 bits per heavy atom. The monoisotopic (exact) mass is 242 g/mol. The van der Waals surface area contributed by atoms with Gasteiger partial charge >= 0.3 is 5.97 Å². The second-order valence-electron chi connectivity index (χ2n) is 3.95. The van der Waals surface area contributed by atoms with Gasteiger partial charge in [0.2, 0.25) is 0 Å². The molecule has 1 aromatic heterocycles. The highest BCUT2D eigenvalue weighted by Crippen LogP contribution is 2.23. The fourth-order valence-electron chi connectivity index (χ4n) is 1.52. The van der Waals surface area contributed by atoms with Crippen molar-refractivity contribution < 1.29 is 9.90 Å². The number of rotatable bonds is 6. The first-order chi connectivity index (χ1) is 7.56. The summed E-state index contributed by atoms with van der Waals surface area (Å²) in [5.41, 5.74) is 1.18. The van der Waals surface area contributed by atoms with Gasteiger partial charge in [0, 0.05) is 18.4 Å². The van der Waals surface area contributed by atoms with E-state index in [2.05, 4.69) is 30.3 Å². The summed E-state index contributed by atoms with van der Waals surface area (Å²) in [5, 5.41) is 9.47. The normalized spacial score (nSPS) is 11.0. The molecule has 5 heteroatoms. The van der Waals surface area contributed by atoms with Gasteiger partial charge in [-0.2, -0.15) is 0 Å². The highest BCUT2D eigenvalue weighted by molar-refractivity contribution is 7.99. The molecule has 0 radical (unpaired) electrons. The van der Waals surface area contributed by atoms with Crippen LogP contribution < -0.4 is 0 Å². The third kappa shape index (κ3) is 3.27. The van der Waals surface area contributed by atoms with Crippen LogP contribution in [0, 0.1) is 0 Å². The van der Waals surface area contributed by atoms with Crippen LogP contribution in [0.1, 0.15) is 38.8 Å². The fraction of sp³-hybridized carbons (Fsp3) is 0.636. The van der Waals surface area contributed by atoms with E-state index in [0.29, 0.717) is 5.92 Å². The molecule has 1 heterocycles. The highest BCUT2D eigenvalue weighted by Gasteiger charge is 2.13. The Hall–Kier alpha value is -0.970. The number of aliphatic carboxylic acids is 1. The van der Waals surface area contributed by atoms with Crippen molar-refractivity contribution in [3.8, 4) is 0 Å². The molecule has 0 saturated carbocycles. The molecule has 1 rings (SSSR count). The number of hydrogen-bond acceptors (Lipinski definition) is 3. The molecule has 16 heavy (non-hydrogen) atoms. The molecule has 1 aromatic rings. The van der Waals surface area contributed by atoms with Crippen molar-refractivity contribution in [1.82, 2.24) is 9.55 Å². The summed E-state index contributed by atoms with van der Waals surface area (Å²) in [6.45, 7) is 7.24. The zero-order valence-electron chi connectivity index (χ0n) is 9.93. The number of carboxylic acid groups (broad SMARTS) is 1. The molecule has 0 fully saturated rings. The van der Waals surface area contributed by atoms with E-state index in [9.17, 15) is 4.79 Å². The van der Waals surface area contributed by atoms with Crippen LogP contribution in [0.5, 0.6) is 0 Å². The third-order valence-electron chi connectivity index (χ3n) is 2.21. The van der Waals surface area contributed by atoms with Crippen molar-refractivity contribution in [2.45, 2.75) is 44.8 Å². The largest absolute Gasteiger partial charge is 0.481 e. The van der Waals surface area contributed by atoms with E-state index in [0.717, 1.165) is 18.1 Å². The Kier molecular flexibility index (Phi) is 4.86. The number of hydrogen-bond donors (Lipinski definition) is 1. The first kappa shape index (κ1) is 13.1. The third-order valence-corrected chi connectivity index (χ3v) is 3.19. The topological polar surface area (TPSA) is 55.1 Å².